The van der Waals surface area contributed by atoms with Crippen LogP contribution in [0.5, 0.6) is 5.75 Å². The number of allylic oxidation sites excluding steroid dienone is 1. The molecule has 2 heterocycles. The van der Waals surface area contributed by atoms with Gasteiger partial charge in [-0.15, -0.1) is 0 Å². The fourth-order valence-electron chi connectivity index (χ4n) is 3.27. The largest absolute Gasteiger partial charge is 0.489 e. The van der Waals surface area contributed by atoms with Crippen LogP contribution in [0, 0.1) is 0 Å². The summed E-state index contributed by atoms with van der Waals surface area (Å²) in [7, 11) is 1.33. The quantitative estimate of drug-likeness (QED) is 0.643. The van der Waals surface area contributed by atoms with Gasteiger partial charge >= 0.3 is 5.97 Å². The third kappa shape index (κ3) is 3.66. The number of rotatable bonds is 5. The van der Waals surface area contributed by atoms with Gasteiger partial charge in [-0.2, -0.15) is 4.68 Å². The highest BCUT2D eigenvalue weighted by Gasteiger charge is 2.36. The van der Waals surface area contributed by atoms with E-state index in [2.05, 4.69) is 20.8 Å². The number of esters is 1. The lowest BCUT2D eigenvalue weighted by molar-refractivity contribution is -0.136. The monoisotopic (exact) mass is 411 g/mol. The number of aromatic nitrogens is 4. The molecule has 29 heavy (non-hydrogen) atoms. The fourth-order valence-corrected chi connectivity index (χ4v) is 3.45. The number of hydrogen-bond acceptors (Lipinski definition) is 7. The predicted molar refractivity (Wildman–Crippen MR) is 107 cm³/mol. The van der Waals surface area contributed by atoms with Gasteiger partial charge in [0.05, 0.1) is 12.7 Å². The van der Waals surface area contributed by atoms with Gasteiger partial charge in [-0.25, -0.2) is 4.79 Å². The first-order chi connectivity index (χ1) is 14.1. The summed E-state index contributed by atoms with van der Waals surface area (Å²) in [5.74, 6) is 0.491. The molecule has 148 valence electrons. The minimum atomic E-state index is -0.654. The third-order valence-electron chi connectivity index (χ3n) is 4.62. The summed E-state index contributed by atoms with van der Waals surface area (Å²) in [6, 6.07) is 14.4. The molecule has 0 fully saturated rings. The van der Waals surface area contributed by atoms with Gasteiger partial charge in [0.2, 0.25) is 5.95 Å². The summed E-state index contributed by atoms with van der Waals surface area (Å²) in [5, 5.41) is 15.3. The van der Waals surface area contributed by atoms with Gasteiger partial charge in [0.25, 0.3) is 0 Å². The SMILES string of the molecule is COC(=O)C1=C(C)Nc2nnnn2[C@H]1c1cc(Cl)ccc1OCc1ccccc1. The third-order valence-corrected chi connectivity index (χ3v) is 4.86. The highest BCUT2D eigenvalue weighted by atomic mass is 35.5. The summed E-state index contributed by atoms with van der Waals surface area (Å²) in [6.07, 6.45) is 0. The molecular weight excluding hydrogens is 394 g/mol. The first kappa shape index (κ1) is 18.9. The number of nitrogens with zero attached hydrogens (tertiary/aromatic N) is 4. The Bertz CT molecular complexity index is 1080. The zero-order valence-electron chi connectivity index (χ0n) is 15.8. The highest BCUT2D eigenvalue weighted by Crippen LogP contribution is 2.40. The van der Waals surface area contributed by atoms with Crippen molar-refractivity contribution in [1.29, 1.82) is 0 Å². The maximum Gasteiger partial charge on any atom is 0.338 e. The van der Waals surface area contributed by atoms with Crippen molar-refractivity contribution in [3.8, 4) is 5.75 Å². The Morgan fingerprint density at radius 1 is 1.24 bits per heavy atom. The first-order valence-corrected chi connectivity index (χ1v) is 9.26. The van der Waals surface area contributed by atoms with Crippen molar-refractivity contribution in [2.24, 2.45) is 0 Å². The molecule has 0 radical (unpaired) electrons. The van der Waals surface area contributed by atoms with Crippen molar-refractivity contribution in [3.05, 3.63) is 76.0 Å². The lowest BCUT2D eigenvalue weighted by Gasteiger charge is -2.28. The molecule has 0 saturated carbocycles. The number of carbonyl (C=O) groups excluding carboxylic acids is 1. The van der Waals surface area contributed by atoms with Crippen LogP contribution in [0.15, 0.2) is 59.8 Å². The minimum Gasteiger partial charge on any atom is -0.489 e. The molecule has 1 atom stereocenters. The Hall–Kier alpha value is -3.39. The minimum absolute atomic E-state index is 0.360. The summed E-state index contributed by atoms with van der Waals surface area (Å²) in [5.41, 5.74) is 2.64. The van der Waals surface area contributed by atoms with Gasteiger partial charge in [0.1, 0.15) is 18.4 Å². The predicted octanol–water partition coefficient (Wildman–Crippen LogP) is 3.37. The zero-order chi connectivity index (χ0) is 20.4. The number of hydrogen-bond donors (Lipinski definition) is 1. The summed E-state index contributed by atoms with van der Waals surface area (Å²) < 4.78 is 12.6. The Labute approximate surface area is 172 Å². The maximum atomic E-state index is 12.6. The first-order valence-electron chi connectivity index (χ1n) is 8.88. The summed E-state index contributed by atoms with van der Waals surface area (Å²) in [4.78, 5) is 12.6. The number of benzene rings is 2. The van der Waals surface area contributed by atoms with E-state index in [0.717, 1.165) is 5.56 Å². The van der Waals surface area contributed by atoms with E-state index >= 15 is 0 Å². The molecule has 0 aliphatic carbocycles. The normalized spacial score (nSPS) is 15.5. The number of ether oxygens (including phenoxy) is 2. The van der Waals surface area contributed by atoms with E-state index in [4.69, 9.17) is 21.1 Å². The second-order valence-electron chi connectivity index (χ2n) is 6.46. The highest BCUT2D eigenvalue weighted by molar-refractivity contribution is 6.30. The molecule has 1 aliphatic heterocycles. The van der Waals surface area contributed by atoms with Gasteiger partial charge in [-0.3, -0.25) is 0 Å². The van der Waals surface area contributed by atoms with Crippen LogP contribution in [0.25, 0.3) is 0 Å². The number of nitrogens with one attached hydrogen (secondary N) is 1. The Kier molecular flexibility index (Phi) is 5.18. The van der Waals surface area contributed by atoms with Crippen molar-refractivity contribution in [3.63, 3.8) is 0 Å². The van der Waals surface area contributed by atoms with Crippen LogP contribution in [-0.4, -0.2) is 33.3 Å². The van der Waals surface area contributed by atoms with Gasteiger partial charge in [-0.1, -0.05) is 47.0 Å². The number of anilines is 1. The smallest absolute Gasteiger partial charge is 0.338 e. The van der Waals surface area contributed by atoms with Crippen molar-refractivity contribution in [2.75, 3.05) is 12.4 Å². The molecule has 3 aromatic rings. The number of halogens is 1. The van der Waals surface area contributed by atoms with E-state index in [1.54, 1.807) is 25.1 Å². The molecule has 0 bridgehead atoms. The van der Waals surface area contributed by atoms with Crippen molar-refractivity contribution < 1.29 is 14.3 Å². The lowest BCUT2D eigenvalue weighted by atomic mass is 9.95. The second-order valence-corrected chi connectivity index (χ2v) is 6.90. The molecule has 8 nitrogen and oxygen atoms in total. The average molecular weight is 412 g/mol. The summed E-state index contributed by atoms with van der Waals surface area (Å²) >= 11 is 6.29. The molecule has 1 N–H and O–H groups in total. The van der Waals surface area contributed by atoms with Crippen LogP contribution >= 0.6 is 11.6 Å². The van der Waals surface area contributed by atoms with Crippen LogP contribution in [-0.2, 0) is 16.1 Å². The molecule has 2 aromatic carbocycles. The van der Waals surface area contributed by atoms with Crippen LogP contribution < -0.4 is 10.1 Å². The number of tetrazole rings is 1. The van der Waals surface area contributed by atoms with Crippen LogP contribution in [0.4, 0.5) is 5.95 Å². The topological polar surface area (TPSA) is 91.2 Å². The van der Waals surface area contributed by atoms with Crippen molar-refractivity contribution in [2.45, 2.75) is 19.6 Å². The Balaban J connectivity index is 1.80. The molecule has 0 spiro atoms. The maximum absolute atomic E-state index is 12.6. The van der Waals surface area contributed by atoms with Gasteiger partial charge in [-0.05, 0) is 41.1 Å². The van der Waals surface area contributed by atoms with Crippen molar-refractivity contribution >= 4 is 23.5 Å². The molecule has 1 aromatic heterocycles. The van der Waals surface area contributed by atoms with Crippen molar-refractivity contribution in [1.82, 2.24) is 20.2 Å². The lowest BCUT2D eigenvalue weighted by Crippen LogP contribution is -2.29. The average Bonchev–Trinajstić information content (AvgIpc) is 3.20. The van der Waals surface area contributed by atoms with Crippen LogP contribution in [0.2, 0.25) is 5.02 Å². The van der Waals surface area contributed by atoms with E-state index in [9.17, 15) is 4.79 Å². The number of fused-ring (bicyclic) bond motifs is 1. The standard InChI is InChI=1S/C20H18ClN5O3/c1-12-17(19(27)28-2)18(26-20(22-12)23-24-25-26)15-10-14(21)8-9-16(15)29-11-13-6-4-3-5-7-13/h3-10,18H,11H2,1-2H3,(H,22,23,25)/t18-/m0/s1. The molecular formula is C20H18ClN5O3. The zero-order valence-corrected chi connectivity index (χ0v) is 16.6. The molecule has 1 aliphatic rings. The second kappa shape index (κ2) is 7.92. The Morgan fingerprint density at radius 2 is 2.03 bits per heavy atom. The van der Waals surface area contributed by atoms with Crippen LogP contribution in [0.1, 0.15) is 24.1 Å². The van der Waals surface area contributed by atoms with E-state index < -0.39 is 12.0 Å². The van der Waals surface area contributed by atoms with Gasteiger partial charge in [0.15, 0.2) is 0 Å². The van der Waals surface area contributed by atoms with E-state index in [-0.39, 0.29) is 0 Å². The fraction of sp³-hybridized carbons (Fsp3) is 0.200. The molecule has 9 heteroatoms. The summed E-state index contributed by atoms with van der Waals surface area (Å²) in [6.45, 7) is 2.13. The molecule has 0 unspecified atom stereocenters. The van der Waals surface area contributed by atoms with Gasteiger partial charge in [0, 0.05) is 16.3 Å². The van der Waals surface area contributed by atoms with E-state index in [0.29, 0.717) is 40.2 Å². The molecule has 4 rings (SSSR count). The van der Waals surface area contributed by atoms with Gasteiger partial charge < -0.3 is 14.8 Å². The number of carbonyl (C=O) groups is 1. The molecule has 0 saturated heterocycles. The number of methoxy groups -OCH3 is 1. The molecule has 0 amide bonds. The van der Waals surface area contributed by atoms with E-state index in [1.165, 1.54) is 11.8 Å². The van der Waals surface area contributed by atoms with Crippen LogP contribution in [0.3, 0.4) is 0 Å². The Morgan fingerprint density at radius 3 is 2.79 bits per heavy atom. The van der Waals surface area contributed by atoms with E-state index in [1.807, 2.05) is 30.3 Å².